The molecule has 1 aliphatic heterocycles. The van der Waals surface area contributed by atoms with Crippen LogP contribution in [0.1, 0.15) is 6.42 Å². The van der Waals surface area contributed by atoms with Gasteiger partial charge in [0.1, 0.15) is 0 Å². The molecular weight excluding hydrogens is 204 g/mol. The normalized spacial score (nSPS) is 18.6. The molecule has 0 amide bonds. The van der Waals surface area contributed by atoms with Crippen molar-refractivity contribution in [2.45, 2.75) is 6.42 Å². The lowest BCUT2D eigenvalue weighted by Gasteiger charge is -2.40. The maximum absolute atomic E-state index is 8.65. The van der Waals surface area contributed by atoms with E-state index in [1.54, 1.807) is 0 Å². The molecule has 0 bridgehead atoms. The minimum absolute atomic E-state index is 0.352. The summed E-state index contributed by atoms with van der Waals surface area (Å²) in [7, 11) is 0. The van der Waals surface area contributed by atoms with Gasteiger partial charge in [0.2, 0.25) is 0 Å². The van der Waals surface area contributed by atoms with Crippen LogP contribution in [0.4, 0.5) is 0 Å². The summed E-state index contributed by atoms with van der Waals surface area (Å²) in [6, 6.07) is 6.30. The van der Waals surface area contributed by atoms with Crippen LogP contribution >= 0.6 is 0 Å². The van der Waals surface area contributed by atoms with E-state index in [4.69, 9.17) is 15.8 Å². The fourth-order valence-electron chi connectivity index (χ4n) is 1.73. The van der Waals surface area contributed by atoms with E-state index in [0.29, 0.717) is 46.1 Å². The third-order valence-electron chi connectivity index (χ3n) is 2.33. The molecule has 84 valence electrons. The minimum atomic E-state index is 0.352. The monoisotopic (exact) mass is 218 g/mol. The van der Waals surface area contributed by atoms with Crippen LogP contribution in [0.5, 0.6) is 0 Å². The van der Waals surface area contributed by atoms with Crippen LogP contribution in [0.15, 0.2) is 0 Å². The molecular formula is C10H14N6. The van der Waals surface area contributed by atoms with Crippen molar-refractivity contribution in [1.29, 1.82) is 15.8 Å². The first-order chi connectivity index (χ1) is 7.80. The van der Waals surface area contributed by atoms with Gasteiger partial charge in [-0.3, -0.25) is 14.7 Å². The minimum Gasteiger partial charge on any atom is -0.276 e. The summed E-state index contributed by atoms with van der Waals surface area (Å²) in [4.78, 5) is 5.98. The summed E-state index contributed by atoms with van der Waals surface area (Å²) in [5, 5.41) is 25.8. The number of nitriles is 3. The van der Waals surface area contributed by atoms with E-state index >= 15 is 0 Å². The van der Waals surface area contributed by atoms with Crippen molar-refractivity contribution >= 4 is 0 Å². The zero-order chi connectivity index (χ0) is 11.8. The zero-order valence-electron chi connectivity index (χ0n) is 9.13. The molecule has 0 spiro atoms. The van der Waals surface area contributed by atoms with Crippen molar-refractivity contribution in [2.75, 3.05) is 39.6 Å². The molecule has 0 atom stereocenters. The molecule has 1 fully saturated rings. The summed E-state index contributed by atoms with van der Waals surface area (Å²) < 4.78 is 0. The first-order valence-electron chi connectivity index (χ1n) is 5.08. The Bertz CT molecular complexity index is 309. The topological polar surface area (TPSA) is 81.1 Å². The Labute approximate surface area is 95.5 Å². The van der Waals surface area contributed by atoms with E-state index in [1.807, 2.05) is 9.80 Å². The second kappa shape index (κ2) is 6.76. The maximum Gasteiger partial charge on any atom is 0.0886 e. The summed E-state index contributed by atoms with van der Waals surface area (Å²) in [6.07, 6.45) is 0.473. The molecule has 0 saturated carbocycles. The Morgan fingerprint density at radius 3 is 1.69 bits per heavy atom. The van der Waals surface area contributed by atoms with Crippen molar-refractivity contribution in [3.05, 3.63) is 0 Å². The Morgan fingerprint density at radius 1 is 0.750 bits per heavy atom. The average Bonchev–Trinajstić information content (AvgIpc) is 2.27. The van der Waals surface area contributed by atoms with E-state index in [1.165, 1.54) is 0 Å². The van der Waals surface area contributed by atoms with Crippen molar-refractivity contribution < 1.29 is 0 Å². The Hall–Kier alpha value is -1.65. The van der Waals surface area contributed by atoms with Crippen molar-refractivity contribution in [3.8, 4) is 18.2 Å². The van der Waals surface area contributed by atoms with Crippen LogP contribution in [-0.2, 0) is 0 Å². The second-order valence-corrected chi connectivity index (χ2v) is 3.70. The standard InChI is InChI=1S/C10H14N6/c11-2-1-5-14-8-15(6-3-12)10-16(9-14)7-4-13/h1,5-10H2. The van der Waals surface area contributed by atoms with Gasteiger partial charge < -0.3 is 0 Å². The Kier molecular flexibility index (Phi) is 5.25. The highest BCUT2D eigenvalue weighted by molar-refractivity contribution is 4.84. The quantitative estimate of drug-likeness (QED) is 0.605. The predicted octanol–water partition coefficient (Wildman–Crippen LogP) is -0.261. The molecule has 6 nitrogen and oxygen atoms in total. The van der Waals surface area contributed by atoms with Crippen LogP contribution < -0.4 is 0 Å². The van der Waals surface area contributed by atoms with E-state index in [0.717, 1.165) is 0 Å². The fraction of sp³-hybridized carbons (Fsp3) is 0.700. The molecule has 0 aromatic carbocycles. The lowest BCUT2D eigenvalue weighted by molar-refractivity contribution is -0.0147. The summed E-state index contributed by atoms with van der Waals surface area (Å²) in [5.41, 5.74) is 0. The lowest BCUT2D eigenvalue weighted by Crippen LogP contribution is -2.55. The largest absolute Gasteiger partial charge is 0.276 e. The molecule has 0 aliphatic carbocycles. The molecule has 16 heavy (non-hydrogen) atoms. The SMILES string of the molecule is N#CCCN1CN(CC#N)CN(CC#N)C1. The molecule has 0 radical (unpaired) electrons. The van der Waals surface area contributed by atoms with Crippen LogP contribution in [0.2, 0.25) is 0 Å². The van der Waals surface area contributed by atoms with Gasteiger partial charge in [0.25, 0.3) is 0 Å². The molecule has 0 aromatic rings. The highest BCUT2D eigenvalue weighted by atomic mass is 15.5. The third-order valence-corrected chi connectivity index (χ3v) is 2.33. The maximum atomic E-state index is 8.65. The van der Waals surface area contributed by atoms with Crippen molar-refractivity contribution in [3.63, 3.8) is 0 Å². The van der Waals surface area contributed by atoms with Gasteiger partial charge in [0.15, 0.2) is 0 Å². The average molecular weight is 218 g/mol. The highest BCUT2D eigenvalue weighted by Crippen LogP contribution is 2.06. The van der Waals surface area contributed by atoms with Gasteiger partial charge in [-0.2, -0.15) is 15.8 Å². The number of hydrogen-bond acceptors (Lipinski definition) is 6. The van der Waals surface area contributed by atoms with Gasteiger partial charge in [-0.05, 0) is 0 Å². The third kappa shape index (κ3) is 3.84. The van der Waals surface area contributed by atoms with Crippen LogP contribution in [0.25, 0.3) is 0 Å². The molecule has 1 aliphatic rings. The van der Waals surface area contributed by atoms with E-state index in [9.17, 15) is 0 Å². The van der Waals surface area contributed by atoms with Crippen molar-refractivity contribution in [1.82, 2.24) is 14.7 Å². The zero-order valence-corrected chi connectivity index (χ0v) is 9.13. The van der Waals surface area contributed by atoms with E-state index in [-0.39, 0.29) is 0 Å². The molecule has 0 N–H and O–H groups in total. The Balaban J connectivity index is 2.50. The first-order valence-corrected chi connectivity index (χ1v) is 5.08. The summed E-state index contributed by atoms with van der Waals surface area (Å²) in [6.45, 7) is 3.41. The number of hydrogen-bond donors (Lipinski definition) is 0. The van der Waals surface area contributed by atoms with Crippen LogP contribution in [0, 0.1) is 34.0 Å². The lowest BCUT2D eigenvalue weighted by atomic mass is 10.4. The van der Waals surface area contributed by atoms with Crippen LogP contribution in [-0.4, -0.2) is 54.3 Å². The molecule has 0 unspecified atom stereocenters. The van der Waals surface area contributed by atoms with Crippen molar-refractivity contribution in [2.24, 2.45) is 0 Å². The van der Waals surface area contributed by atoms with Gasteiger partial charge >= 0.3 is 0 Å². The molecule has 1 rings (SSSR count). The summed E-state index contributed by atoms with van der Waals surface area (Å²) in [5.74, 6) is 0. The highest BCUT2D eigenvalue weighted by Gasteiger charge is 2.22. The van der Waals surface area contributed by atoms with Gasteiger partial charge in [-0.25, -0.2) is 0 Å². The molecule has 1 saturated heterocycles. The molecule has 1 heterocycles. The first kappa shape index (κ1) is 12.4. The fourth-order valence-corrected chi connectivity index (χ4v) is 1.73. The smallest absolute Gasteiger partial charge is 0.0886 e. The summed E-state index contributed by atoms with van der Waals surface area (Å²) >= 11 is 0. The molecule has 6 heteroatoms. The molecule has 0 aromatic heterocycles. The van der Waals surface area contributed by atoms with E-state index in [2.05, 4.69) is 23.1 Å². The van der Waals surface area contributed by atoms with Gasteiger partial charge in [-0.15, -0.1) is 0 Å². The van der Waals surface area contributed by atoms with Crippen LogP contribution in [0.3, 0.4) is 0 Å². The number of rotatable bonds is 4. The Morgan fingerprint density at radius 2 is 1.25 bits per heavy atom. The van der Waals surface area contributed by atoms with Gasteiger partial charge in [0.05, 0.1) is 51.3 Å². The van der Waals surface area contributed by atoms with E-state index < -0.39 is 0 Å². The van der Waals surface area contributed by atoms with Gasteiger partial charge in [-0.1, -0.05) is 0 Å². The predicted molar refractivity (Wildman–Crippen MR) is 56.2 cm³/mol. The second-order valence-electron chi connectivity index (χ2n) is 3.70. The van der Waals surface area contributed by atoms with Gasteiger partial charge in [0, 0.05) is 13.0 Å². The number of nitrogens with zero attached hydrogens (tertiary/aromatic N) is 6.